The third kappa shape index (κ3) is 2.83. The van der Waals surface area contributed by atoms with Gasteiger partial charge in [-0.15, -0.1) is 0 Å². The van der Waals surface area contributed by atoms with Crippen molar-refractivity contribution >= 4 is 22.5 Å². The Morgan fingerprint density at radius 1 is 1.52 bits per heavy atom. The fourth-order valence-corrected chi connectivity index (χ4v) is 1.80. The average molecular weight is 290 g/mol. The lowest BCUT2D eigenvalue weighted by Crippen LogP contribution is -2.23. The van der Waals surface area contributed by atoms with E-state index in [2.05, 4.69) is 20.2 Å². The van der Waals surface area contributed by atoms with E-state index in [0.717, 1.165) is 0 Å². The molecule has 0 amide bonds. The van der Waals surface area contributed by atoms with Crippen LogP contribution in [0.2, 0.25) is 0 Å². The highest BCUT2D eigenvalue weighted by molar-refractivity contribution is 6.40. The molecule has 0 unspecified atom stereocenters. The molecule has 0 radical (unpaired) electrons. The Bertz CT molecular complexity index is 778. The summed E-state index contributed by atoms with van der Waals surface area (Å²) in [5, 5.41) is 24.0. The summed E-state index contributed by atoms with van der Waals surface area (Å²) in [7, 11) is 0. The molecule has 112 valence electrons. The molecular formula is C13H18N6O2. The molecule has 0 fully saturated rings. The van der Waals surface area contributed by atoms with Crippen molar-refractivity contribution in [2.75, 3.05) is 0 Å². The predicted octanol–water partition coefficient (Wildman–Crippen LogP) is 1.29. The number of H-pyrrole nitrogens is 1. The van der Waals surface area contributed by atoms with Crippen molar-refractivity contribution in [1.29, 1.82) is 5.41 Å². The zero-order valence-corrected chi connectivity index (χ0v) is 12.4. The first kappa shape index (κ1) is 14.9. The highest BCUT2D eigenvalue weighted by atomic mass is 16.4. The second kappa shape index (κ2) is 5.12. The van der Waals surface area contributed by atoms with Gasteiger partial charge >= 0.3 is 0 Å². The van der Waals surface area contributed by atoms with Crippen molar-refractivity contribution in [2.24, 2.45) is 5.16 Å². The van der Waals surface area contributed by atoms with Gasteiger partial charge in [0.2, 0.25) is 0 Å². The number of aromatic nitrogens is 4. The zero-order chi connectivity index (χ0) is 15.8. The lowest BCUT2D eigenvalue weighted by Gasteiger charge is -2.16. The molecular weight excluding hydrogens is 272 g/mol. The van der Waals surface area contributed by atoms with E-state index >= 15 is 0 Å². The van der Waals surface area contributed by atoms with Crippen molar-refractivity contribution in [3.8, 4) is 0 Å². The summed E-state index contributed by atoms with van der Waals surface area (Å²) in [6.07, 6.45) is 1.42. The van der Waals surface area contributed by atoms with Gasteiger partial charge in [-0.25, -0.2) is 9.67 Å². The van der Waals surface area contributed by atoms with Crippen LogP contribution in [-0.4, -0.2) is 36.4 Å². The van der Waals surface area contributed by atoms with E-state index in [1.54, 1.807) is 0 Å². The summed E-state index contributed by atoms with van der Waals surface area (Å²) in [6.45, 7) is 7.43. The van der Waals surface area contributed by atoms with Crippen LogP contribution >= 0.6 is 0 Å². The fourth-order valence-electron chi connectivity index (χ4n) is 1.80. The second-order valence-electron chi connectivity index (χ2n) is 5.88. The van der Waals surface area contributed by atoms with Crippen LogP contribution in [0.25, 0.3) is 11.0 Å². The van der Waals surface area contributed by atoms with Gasteiger partial charge in [0, 0.05) is 5.41 Å². The zero-order valence-electron chi connectivity index (χ0n) is 12.4. The first-order chi connectivity index (χ1) is 9.74. The number of hydrogen-bond donors (Lipinski definition) is 3. The molecule has 0 aliphatic carbocycles. The Hall–Kier alpha value is -2.51. The highest BCUT2D eigenvalue weighted by Crippen LogP contribution is 2.18. The minimum Gasteiger partial charge on any atom is -0.411 e. The molecule has 8 heteroatoms. The smallest absolute Gasteiger partial charge is 0.262 e. The first-order valence-corrected chi connectivity index (χ1v) is 6.47. The van der Waals surface area contributed by atoms with E-state index in [4.69, 9.17) is 10.6 Å². The van der Waals surface area contributed by atoms with Crippen LogP contribution in [0.4, 0.5) is 0 Å². The van der Waals surface area contributed by atoms with E-state index in [-0.39, 0.29) is 28.9 Å². The topological polar surface area (TPSA) is 120 Å². The van der Waals surface area contributed by atoms with Crippen LogP contribution < -0.4 is 5.56 Å². The van der Waals surface area contributed by atoms with Crippen LogP contribution in [0.5, 0.6) is 0 Å². The molecule has 0 spiro atoms. The Morgan fingerprint density at radius 2 is 2.19 bits per heavy atom. The van der Waals surface area contributed by atoms with Gasteiger partial charge < -0.3 is 15.6 Å². The number of aromatic amines is 1. The van der Waals surface area contributed by atoms with Crippen LogP contribution in [-0.2, 0) is 12.0 Å². The number of oxime groups is 1. The predicted molar refractivity (Wildman–Crippen MR) is 79.5 cm³/mol. The fraction of sp³-hybridized carbons (Fsp3) is 0.462. The molecule has 21 heavy (non-hydrogen) atoms. The molecule has 0 atom stereocenters. The Morgan fingerprint density at radius 3 is 2.71 bits per heavy atom. The molecule has 0 aliphatic rings. The van der Waals surface area contributed by atoms with E-state index in [1.165, 1.54) is 17.8 Å². The van der Waals surface area contributed by atoms with Crippen molar-refractivity contribution in [1.82, 2.24) is 19.7 Å². The summed E-state index contributed by atoms with van der Waals surface area (Å²) in [5.74, 6) is 0.552. The standard InChI is InChI=1S/C13H18N6O2/c1-7(14)9(18-21)6-19-10-8(5-15-19)11(20)17-12(16-10)13(2,3)4/h5,14,21H,6H2,1-4H3,(H,16,17,20)/b14-7?,18-9-. The van der Waals surface area contributed by atoms with Gasteiger partial charge in [0.15, 0.2) is 5.65 Å². The molecule has 8 nitrogen and oxygen atoms in total. The highest BCUT2D eigenvalue weighted by Gasteiger charge is 2.20. The van der Waals surface area contributed by atoms with E-state index < -0.39 is 0 Å². The van der Waals surface area contributed by atoms with Gasteiger partial charge in [-0.3, -0.25) is 4.79 Å². The SMILES string of the molecule is CC(=N)/C(Cn1ncc2c(=O)[nH]c(C(C)(C)C)nc21)=N\O. The van der Waals surface area contributed by atoms with Gasteiger partial charge in [0.25, 0.3) is 5.56 Å². The Balaban J connectivity index is 2.59. The van der Waals surface area contributed by atoms with Crippen molar-refractivity contribution in [2.45, 2.75) is 39.7 Å². The first-order valence-electron chi connectivity index (χ1n) is 6.47. The second-order valence-corrected chi connectivity index (χ2v) is 5.88. The van der Waals surface area contributed by atoms with Gasteiger partial charge in [0.1, 0.15) is 16.9 Å². The number of fused-ring (bicyclic) bond motifs is 1. The maximum atomic E-state index is 12.1. The van der Waals surface area contributed by atoms with Crippen molar-refractivity contribution < 1.29 is 5.21 Å². The monoisotopic (exact) mass is 290 g/mol. The van der Waals surface area contributed by atoms with E-state index in [0.29, 0.717) is 16.9 Å². The molecule has 0 saturated heterocycles. The molecule has 0 saturated carbocycles. The third-order valence-electron chi connectivity index (χ3n) is 3.07. The van der Waals surface area contributed by atoms with Crippen molar-refractivity contribution in [3.63, 3.8) is 0 Å². The average Bonchev–Trinajstić information content (AvgIpc) is 2.78. The van der Waals surface area contributed by atoms with E-state index in [9.17, 15) is 4.79 Å². The number of nitrogens with zero attached hydrogens (tertiary/aromatic N) is 4. The number of hydrogen-bond acceptors (Lipinski definition) is 6. The van der Waals surface area contributed by atoms with Gasteiger partial charge in [-0.1, -0.05) is 25.9 Å². The van der Waals surface area contributed by atoms with E-state index in [1.807, 2.05) is 20.8 Å². The number of nitrogens with one attached hydrogen (secondary N) is 2. The van der Waals surface area contributed by atoms with Gasteiger partial charge in [0.05, 0.1) is 18.5 Å². The molecule has 0 bridgehead atoms. The Kier molecular flexibility index (Phi) is 3.63. The molecule has 0 aromatic carbocycles. The Labute approximate surface area is 121 Å². The van der Waals surface area contributed by atoms with Crippen LogP contribution in [0.3, 0.4) is 0 Å². The van der Waals surface area contributed by atoms with Crippen LogP contribution in [0.15, 0.2) is 16.1 Å². The summed E-state index contributed by atoms with van der Waals surface area (Å²) in [4.78, 5) is 19.3. The quantitative estimate of drug-likeness (QED) is 0.448. The minimum atomic E-state index is -0.312. The lowest BCUT2D eigenvalue weighted by molar-refractivity contribution is 0.318. The summed E-state index contributed by atoms with van der Waals surface area (Å²) in [5.41, 5.74) is 0.131. The van der Waals surface area contributed by atoms with Crippen LogP contribution in [0, 0.1) is 5.41 Å². The molecule has 2 aromatic rings. The molecule has 2 aromatic heterocycles. The molecule has 0 aliphatic heterocycles. The largest absolute Gasteiger partial charge is 0.411 e. The van der Waals surface area contributed by atoms with Gasteiger partial charge in [-0.05, 0) is 6.92 Å². The maximum Gasteiger partial charge on any atom is 0.262 e. The summed E-state index contributed by atoms with van der Waals surface area (Å²) >= 11 is 0. The molecule has 2 heterocycles. The summed E-state index contributed by atoms with van der Waals surface area (Å²) < 4.78 is 1.45. The van der Waals surface area contributed by atoms with Gasteiger partial charge in [-0.2, -0.15) is 5.10 Å². The maximum absolute atomic E-state index is 12.1. The number of rotatable bonds is 3. The molecule has 3 N–H and O–H groups in total. The summed E-state index contributed by atoms with van der Waals surface area (Å²) in [6, 6.07) is 0. The van der Waals surface area contributed by atoms with Crippen molar-refractivity contribution in [3.05, 3.63) is 22.4 Å². The minimum absolute atomic E-state index is 0.0787. The normalized spacial score (nSPS) is 12.9. The molecule has 2 rings (SSSR count). The van der Waals surface area contributed by atoms with Crippen LogP contribution in [0.1, 0.15) is 33.5 Å². The lowest BCUT2D eigenvalue weighted by atomic mass is 9.96. The third-order valence-corrected chi connectivity index (χ3v) is 3.07.